The minimum atomic E-state index is -0.201. The van der Waals surface area contributed by atoms with Crippen molar-refractivity contribution in [1.29, 1.82) is 0 Å². The predicted molar refractivity (Wildman–Crippen MR) is 88.6 cm³/mol. The van der Waals surface area contributed by atoms with Gasteiger partial charge < -0.3 is 10.1 Å². The molecule has 1 aromatic carbocycles. The van der Waals surface area contributed by atoms with Gasteiger partial charge in [0.05, 0.1) is 7.11 Å². The van der Waals surface area contributed by atoms with Gasteiger partial charge in [0.25, 0.3) is 5.91 Å². The van der Waals surface area contributed by atoms with Crippen LogP contribution in [0.5, 0.6) is 5.75 Å². The van der Waals surface area contributed by atoms with E-state index in [0.717, 1.165) is 16.7 Å². The second-order valence-corrected chi connectivity index (χ2v) is 5.06. The molecule has 0 aliphatic carbocycles. The summed E-state index contributed by atoms with van der Waals surface area (Å²) in [6.07, 6.45) is 2.36. The Morgan fingerprint density at radius 3 is 2.87 bits per heavy atom. The molecule has 0 spiro atoms. The number of rotatable bonds is 5. The lowest BCUT2D eigenvalue weighted by Crippen LogP contribution is -2.26. The lowest BCUT2D eigenvalue weighted by Gasteiger charge is -2.09. The van der Waals surface area contributed by atoms with Gasteiger partial charge in [0, 0.05) is 18.1 Å². The molecule has 0 aliphatic rings. The van der Waals surface area contributed by atoms with Crippen molar-refractivity contribution in [3.8, 4) is 5.75 Å². The molecule has 116 valence electrons. The van der Waals surface area contributed by atoms with E-state index in [1.54, 1.807) is 19.4 Å². The Hall–Kier alpha value is -2.95. The molecule has 0 saturated heterocycles. The lowest BCUT2D eigenvalue weighted by atomic mass is 10.1. The number of carbonyl (C=O) groups is 1. The van der Waals surface area contributed by atoms with E-state index in [2.05, 4.69) is 15.3 Å². The van der Waals surface area contributed by atoms with Crippen LogP contribution in [0.15, 0.2) is 54.7 Å². The summed E-state index contributed by atoms with van der Waals surface area (Å²) in [7, 11) is 1.64. The average molecular weight is 307 g/mol. The summed E-state index contributed by atoms with van der Waals surface area (Å²) in [4.78, 5) is 20.7. The zero-order valence-corrected chi connectivity index (χ0v) is 12.8. The van der Waals surface area contributed by atoms with Gasteiger partial charge in [-0.1, -0.05) is 18.2 Å². The van der Waals surface area contributed by atoms with Crippen molar-refractivity contribution < 1.29 is 9.53 Å². The number of carbonyl (C=O) groups excluding carboxylic acids is 1. The number of para-hydroxylation sites is 1. The highest BCUT2D eigenvalue weighted by atomic mass is 16.5. The first kappa shape index (κ1) is 15.0. The predicted octanol–water partition coefficient (Wildman–Crippen LogP) is 2.61. The number of nitrogens with one attached hydrogen (secondary N) is 1. The quantitative estimate of drug-likeness (QED) is 0.787. The minimum Gasteiger partial charge on any atom is -0.496 e. The van der Waals surface area contributed by atoms with Crippen molar-refractivity contribution in [3.63, 3.8) is 0 Å². The van der Waals surface area contributed by atoms with Crippen LogP contribution in [0.25, 0.3) is 11.0 Å². The number of benzene rings is 1. The Labute approximate surface area is 134 Å². The number of methoxy groups -OCH3 is 1. The summed E-state index contributed by atoms with van der Waals surface area (Å²) in [6.45, 7) is 0.515. The zero-order valence-electron chi connectivity index (χ0n) is 12.8. The molecule has 2 heterocycles. The maximum absolute atomic E-state index is 12.2. The van der Waals surface area contributed by atoms with Gasteiger partial charge in [0.2, 0.25) is 0 Å². The maximum Gasteiger partial charge on any atom is 0.269 e. The van der Waals surface area contributed by atoms with Gasteiger partial charge >= 0.3 is 0 Å². The van der Waals surface area contributed by atoms with Crippen molar-refractivity contribution >= 4 is 16.9 Å². The van der Waals surface area contributed by atoms with Crippen molar-refractivity contribution in [2.75, 3.05) is 13.7 Å². The standard InChI is InChI=1S/C18H17N3O2/c1-23-16-7-3-2-5-13(16)10-12-20-18(22)15-9-8-14-6-4-11-19-17(14)21-15/h2-9,11H,10,12H2,1H3,(H,20,22). The Kier molecular flexibility index (Phi) is 4.47. The van der Waals surface area contributed by atoms with E-state index in [-0.39, 0.29) is 5.91 Å². The van der Waals surface area contributed by atoms with Crippen LogP contribution in [0.4, 0.5) is 0 Å². The fourth-order valence-electron chi connectivity index (χ4n) is 2.39. The van der Waals surface area contributed by atoms with Gasteiger partial charge in [-0.05, 0) is 42.3 Å². The molecule has 23 heavy (non-hydrogen) atoms. The van der Waals surface area contributed by atoms with Crippen molar-refractivity contribution in [2.45, 2.75) is 6.42 Å². The Morgan fingerprint density at radius 2 is 2.00 bits per heavy atom. The van der Waals surface area contributed by atoms with Gasteiger partial charge in [0.1, 0.15) is 11.4 Å². The molecule has 0 bridgehead atoms. The molecule has 0 unspecified atom stereocenters. The fraction of sp³-hybridized carbons (Fsp3) is 0.167. The lowest BCUT2D eigenvalue weighted by molar-refractivity contribution is 0.0949. The van der Waals surface area contributed by atoms with E-state index in [0.29, 0.717) is 24.3 Å². The number of amides is 1. The summed E-state index contributed by atoms with van der Waals surface area (Å²) in [5, 5.41) is 3.79. The first-order chi connectivity index (χ1) is 11.3. The SMILES string of the molecule is COc1ccccc1CCNC(=O)c1ccc2cccnc2n1. The fourth-order valence-corrected chi connectivity index (χ4v) is 2.39. The molecule has 1 N–H and O–H groups in total. The number of hydrogen-bond donors (Lipinski definition) is 1. The molecule has 5 heteroatoms. The first-order valence-electron chi connectivity index (χ1n) is 7.40. The molecule has 1 amide bonds. The summed E-state index contributed by atoms with van der Waals surface area (Å²) in [5.74, 6) is 0.627. The highest BCUT2D eigenvalue weighted by molar-refractivity contribution is 5.94. The molecule has 3 aromatic rings. The van der Waals surface area contributed by atoms with Crippen LogP contribution in [0, 0.1) is 0 Å². The molecule has 0 fully saturated rings. The molecule has 3 rings (SSSR count). The first-order valence-corrected chi connectivity index (χ1v) is 7.40. The largest absolute Gasteiger partial charge is 0.496 e. The molecule has 0 atom stereocenters. The number of nitrogens with zero attached hydrogens (tertiary/aromatic N) is 2. The third-order valence-corrected chi connectivity index (χ3v) is 3.57. The number of pyridine rings is 2. The summed E-state index contributed by atoms with van der Waals surface area (Å²) >= 11 is 0. The van der Waals surface area contributed by atoms with E-state index in [1.807, 2.05) is 42.5 Å². The number of fused-ring (bicyclic) bond motifs is 1. The van der Waals surface area contributed by atoms with Crippen LogP contribution in [0.3, 0.4) is 0 Å². The summed E-state index contributed by atoms with van der Waals surface area (Å²) in [5.41, 5.74) is 2.00. The Balaban J connectivity index is 1.64. The van der Waals surface area contributed by atoms with Crippen LogP contribution in [-0.2, 0) is 6.42 Å². The monoisotopic (exact) mass is 307 g/mol. The van der Waals surface area contributed by atoms with Gasteiger partial charge in [-0.15, -0.1) is 0 Å². The summed E-state index contributed by atoms with van der Waals surface area (Å²) < 4.78 is 5.30. The smallest absolute Gasteiger partial charge is 0.269 e. The van der Waals surface area contributed by atoms with E-state index >= 15 is 0 Å². The zero-order chi connectivity index (χ0) is 16.1. The second kappa shape index (κ2) is 6.87. The third kappa shape index (κ3) is 3.45. The normalized spacial score (nSPS) is 10.5. The van der Waals surface area contributed by atoms with E-state index in [1.165, 1.54) is 0 Å². The van der Waals surface area contributed by atoms with E-state index in [4.69, 9.17) is 4.74 Å². The maximum atomic E-state index is 12.2. The number of aromatic nitrogens is 2. The number of ether oxygens (including phenoxy) is 1. The van der Waals surface area contributed by atoms with Gasteiger partial charge in [-0.2, -0.15) is 0 Å². The highest BCUT2D eigenvalue weighted by Gasteiger charge is 2.09. The van der Waals surface area contributed by atoms with Crippen molar-refractivity contribution in [3.05, 3.63) is 66.0 Å². The van der Waals surface area contributed by atoms with Gasteiger partial charge in [-0.25, -0.2) is 9.97 Å². The number of hydrogen-bond acceptors (Lipinski definition) is 4. The third-order valence-electron chi connectivity index (χ3n) is 3.57. The molecule has 0 radical (unpaired) electrons. The average Bonchev–Trinajstić information content (AvgIpc) is 2.61. The molecular weight excluding hydrogens is 290 g/mol. The Bertz CT molecular complexity index is 833. The molecule has 0 aliphatic heterocycles. The Morgan fingerprint density at radius 1 is 1.13 bits per heavy atom. The van der Waals surface area contributed by atoms with Gasteiger partial charge in [-0.3, -0.25) is 4.79 Å². The van der Waals surface area contributed by atoms with Crippen molar-refractivity contribution in [2.24, 2.45) is 0 Å². The van der Waals surface area contributed by atoms with E-state index < -0.39 is 0 Å². The van der Waals surface area contributed by atoms with Crippen LogP contribution < -0.4 is 10.1 Å². The van der Waals surface area contributed by atoms with Crippen LogP contribution in [-0.4, -0.2) is 29.5 Å². The highest BCUT2D eigenvalue weighted by Crippen LogP contribution is 2.17. The van der Waals surface area contributed by atoms with Crippen molar-refractivity contribution in [1.82, 2.24) is 15.3 Å². The molecular formula is C18H17N3O2. The van der Waals surface area contributed by atoms with Gasteiger partial charge in [0.15, 0.2) is 5.65 Å². The van der Waals surface area contributed by atoms with Crippen LogP contribution in [0.2, 0.25) is 0 Å². The van der Waals surface area contributed by atoms with Crippen LogP contribution in [0.1, 0.15) is 16.1 Å². The molecule has 0 saturated carbocycles. The summed E-state index contributed by atoms with van der Waals surface area (Å²) in [6, 6.07) is 15.1. The topological polar surface area (TPSA) is 64.1 Å². The molecule has 2 aromatic heterocycles. The van der Waals surface area contributed by atoms with E-state index in [9.17, 15) is 4.79 Å². The molecule has 5 nitrogen and oxygen atoms in total. The second-order valence-electron chi connectivity index (χ2n) is 5.06. The van der Waals surface area contributed by atoms with Crippen LogP contribution >= 0.6 is 0 Å². The minimum absolute atomic E-state index is 0.201.